The SMILES string of the molecule is CC(=O)Nc1ccc(-n2c(=O)n(CCN3CCC(C(=O)c4ccc(F)cc4)CC3)c3c(C)cccc32)cc1.Cl. The van der Waals surface area contributed by atoms with E-state index in [0.29, 0.717) is 24.3 Å². The lowest BCUT2D eigenvalue weighted by atomic mass is 9.89. The Hall–Kier alpha value is -3.75. The molecule has 1 aliphatic rings. The fourth-order valence-corrected chi connectivity index (χ4v) is 5.36. The molecule has 204 valence electrons. The number of imidazole rings is 1. The zero-order chi connectivity index (χ0) is 26.8. The standard InChI is InChI=1S/C30H31FN4O3.ClH/c1-20-4-3-5-27-28(20)34(30(38)35(27)26-12-10-25(11-13-26)32-21(2)36)19-18-33-16-14-23(15-17-33)29(37)22-6-8-24(31)9-7-22;/h3-13,23H,14-19H2,1-2H3,(H,32,36);1H. The van der Waals surface area contributed by atoms with Gasteiger partial charge in [0.15, 0.2) is 5.78 Å². The Balaban J connectivity index is 0.00000353. The van der Waals surface area contributed by atoms with E-state index in [0.717, 1.165) is 48.2 Å². The number of benzene rings is 3. The number of anilines is 1. The number of aromatic nitrogens is 2. The summed E-state index contributed by atoms with van der Waals surface area (Å²) >= 11 is 0. The lowest BCUT2D eigenvalue weighted by molar-refractivity contribution is -0.114. The number of hydrogen-bond acceptors (Lipinski definition) is 4. The highest BCUT2D eigenvalue weighted by Gasteiger charge is 2.26. The van der Waals surface area contributed by atoms with E-state index in [4.69, 9.17) is 0 Å². The van der Waals surface area contributed by atoms with E-state index in [1.807, 2.05) is 41.8 Å². The number of rotatable bonds is 7. The van der Waals surface area contributed by atoms with Crippen LogP contribution in [0, 0.1) is 18.7 Å². The molecule has 0 saturated carbocycles. The maximum Gasteiger partial charge on any atom is 0.333 e. The minimum Gasteiger partial charge on any atom is -0.326 e. The van der Waals surface area contributed by atoms with Crippen LogP contribution in [0.4, 0.5) is 10.1 Å². The fraction of sp³-hybridized carbons (Fsp3) is 0.300. The Morgan fingerprint density at radius 3 is 2.26 bits per heavy atom. The van der Waals surface area contributed by atoms with E-state index in [1.54, 1.807) is 28.8 Å². The molecule has 3 aromatic carbocycles. The lowest BCUT2D eigenvalue weighted by Crippen LogP contribution is -2.39. The molecule has 9 heteroatoms. The van der Waals surface area contributed by atoms with Gasteiger partial charge in [-0.3, -0.25) is 18.7 Å². The molecule has 1 amide bonds. The van der Waals surface area contributed by atoms with E-state index in [9.17, 15) is 18.8 Å². The molecule has 1 aliphatic heterocycles. The summed E-state index contributed by atoms with van der Waals surface area (Å²) in [6.07, 6.45) is 1.49. The number of aryl methyl sites for hydroxylation is 1. The predicted molar refractivity (Wildman–Crippen MR) is 154 cm³/mol. The van der Waals surface area contributed by atoms with Crippen molar-refractivity contribution >= 4 is 40.8 Å². The maximum absolute atomic E-state index is 13.7. The number of Topliss-reactive ketones (excluding diaryl/α,β-unsaturated/α-hetero) is 1. The number of halogens is 2. The number of carbonyl (C=O) groups excluding carboxylic acids is 2. The van der Waals surface area contributed by atoms with Crippen molar-refractivity contribution in [2.75, 3.05) is 25.0 Å². The van der Waals surface area contributed by atoms with Crippen LogP contribution >= 0.6 is 12.4 Å². The number of carbonyl (C=O) groups is 2. The number of para-hydroxylation sites is 1. The molecule has 1 N–H and O–H groups in total. The van der Waals surface area contributed by atoms with Gasteiger partial charge in [0.25, 0.3) is 0 Å². The first-order valence-electron chi connectivity index (χ1n) is 12.9. The van der Waals surface area contributed by atoms with Gasteiger partial charge in [0, 0.05) is 37.2 Å². The highest BCUT2D eigenvalue weighted by atomic mass is 35.5. The molecule has 0 unspecified atom stereocenters. The highest BCUT2D eigenvalue weighted by molar-refractivity contribution is 5.97. The van der Waals surface area contributed by atoms with Gasteiger partial charge in [-0.05, 0) is 93.0 Å². The van der Waals surface area contributed by atoms with Crippen molar-refractivity contribution in [3.8, 4) is 5.69 Å². The van der Waals surface area contributed by atoms with Crippen LogP contribution in [0.2, 0.25) is 0 Å². The summed E-state index contributed by atoms with van der Waals surface area (Å²) in [5.74, 6) is -0.482. The first kappa shape index (κ1) is 28.3. The molecule has 0 radical (unpaired) electrons. The Morgan fingerprint density at radius 1 is 0.949 bits per heavy atom. The monoisotopic (exact) mass is 550 g/mol. The Morgan fingerprint density at radius 2 is 1.62 bits per heavy atom. The van der Waals surface area contributed by atoms with Crippen LogP contribution < -0.4 is 11.0 Å². The molecule has 0 aliphatic carbocycles. The van der Waals surface area contributed by atoms with Crippen molar-refractivity contribution in [1.82, 2.24) is 14.0 Å². The third kappa shape index (κ3) is 5.97. The lowest BCUT2D eigenvalue weighted by Gasteiger charge is -2.31. The Labute approximate surface area is 232 Å². The van der Waals surface area contributed by atoms with Gasteiger partial charge in [-0.25, -0.2) is 9.18 Å². The number of nitrogens with zero attached hydrogens (tertiary/aromatic N) is 3. The first-order valence-corrected chi connectivity index (χ1v) is 12.9. The largest absolute Gasteiger partial charge is 0.333 e. The van der Waals surface area contributed by atoms with Crippen molar-refractivity contribution in [1.29, 1.82) is 0 Å². The summed E-state index contributed by atoms with van der Waals surface area (Å²) in [6.45, 7) is 6.25. The van der Waals surface area contributed by atoms with E-state index in [-0.39, 0.29) is 41.5 Å². The fourth-order valence-electron chi connectivity index (χ4n) is 5.36. The van der Waals surface area contributed by atoms with Crippen LogP contribution in [0.1, 0.15) is 35.7 Å². The smallest absolute Gasteiger partial charge is 0.326 e. The minimum absolute atomic E-state index is 0. The van der Waals surface area contributed by atoms with Gasteiger partial charge < -0.3 is 10.2 Å². The van der Waals surface area contributed by atoms with E-state index >= 15 is 0 Å². The molecule has 5 rings (SSSR count). The molecule has 0 bridgehead atoms. The maximum atomic E-state index is 13.7. The molecule has 1 aromatic heterocycles. The number of likely N-dealkylation sites (tertiary alicyclic amines) is 1. The molecule has 4 aromatic rings. The summed E-state index contributed by atoms with van der Waals surface area (Å²) in [5.41, 5.74) is 4.63. The van der Waals surface area contributed by atoms with Crippen LogP contribution in [0.25, 0.3) is 16.7 Å². The third-order valence-electron chi connectivity index (χ3n) is 7.32. The number of amides is 1. The van der Waals surface area contributed by atoms with Crippen LogP contribution in [0.3, 0.4) is 0 Å². The molecule has 7 nitrogen and oxygen atoms in total. The quantitative estimate of drug-likeness (QED) is 0.320. The van der Waals surface area contributed by atoms with Gasteiger partial charge in [-0.2, -0.15) is 0 Å². The van der Waals surface area contributed by atoms with Gasteiger partial charge in [-0.1, -0.05) is 12.1 Å². The van der Waals surface area contributed by atoms with Crippen molar-refractivity contribution in [3.05, 3.63) is 94.2 Å². The molecule has 2 heterocycles. The summed E-state index contributed by atoms with van der Waals surface area (Å²) in [7, 11) is 0. The van der Waals surface area contributed by atoms with Crippen molar-refractivity contribution in [3.63, 3.8) is 0 Å². The van der Waals surface area contributed by atoms with Crippen molar-refractivity contribution in [2.45, 2.75) is 33.2 Å². The molecule has 0 atom stereocenters. The number of nitrogens with one attached hydrogen (secondary N) is 1. The van der Waals surface area contributed by atoms with Gasteiger partial charge in [0.2, 0.25) is 5.91 Å². The second kappa shape index (κ2) is 12.0. The van der Waals surface area contributed by atoms with Gasteiger partial charge in [0.05, 0.1) is 16.7 Å². The topological polar surface area (TPSA) is 76.3 Å². The normalized spacial score (nSPS) is 14.2. The number of ketones is 1. The minimum atomic E-state index is -0.342. The van der Waals surface area contributed by atoms with Crippen molar-refractivity contribution < 1.29 is 14.0 Å². The second-order valence-electron chi connectivity index (χ2n) is 9.93. The summed E-state index contributed by atoms with van der Waals surface area (Å²) in [6, 6.07) is 18.9. The average Bonchev–Trinajstić information content (AvgIpc) is 3.20. The summed E-state index contributed by atoms with van der Waals surface area (Å²) in [5, 5.41) is 2.75. The molecule has 0 spiro atoms. The molecule has 1 saturated heterocycles. The summed E-state index contributed by atoms with van der Waals surface area (Å²) in [4.78, 5) is 40.2. The van der Waals surface area contributed by atoms with E-state index in [2.05, 4.69) is 10.2 Å². The number of piperidine rings is 1. The Bertz CT molecular complexity index is 1540. The van der Waals surface area contributed by atoms with Crippen molar-refractivity contribution in [2.24, 2.45) is 5.92 Å². The van der Waals surface area contributed by atoms with Gasteiger partial charge in [-0.15, -0.1) is 12.4 Å². The van der Waals surface area contributed by atoms with Gasteiger partial charge in [0.1, 0.15) is 5.82 Å². The average molecular weight is 551 g/mol. The van der Waals surface area contributed by atoms with Crippen LogP contribution in [0.5, 0.6) is 0 Å². The molecular weight excluding hydrogens is 519 g/mol. The number of hydrogen-bond donors (Lipinski definition) is 1. The van der Waals surface area contributed by atoms with Crippen LogP contribution in [-0.2, 0) is 11.3 Å². The molecule has 1 fully saturated rings. The Kier molecular flexibility index (Phi) is 8.67. The van der Waals surface area contributed by atoms with Crippen LogP contribution in [-0.4, -0.2) is 45.4 Å². The van der Waals surface area contributed by atoms with Crippen LogP contribution in [0.15, 0.2) is 71.5 Å². The second-order valence-corrected chi connectivity index (χ2v) is 9.93. The third-order valence-corrected chi connectivity index (χ3v) is 7.32. The zero-order valence-corrected chi connectivity index (χ0v) is 22.8. The van der Waals surface area contributed by atoms with E-state index in [1.165, 1.54) is 19.1 Å². The predicted octanol–water partition coefficient (Wildman–Crippen LogP) is 5.21. The van der Waals surface area contributed by atoms with E-state index < -0.39 is 0 Å². The zero-order valence-electron chi connectivity index (χ0n) is 22.0. The number of fused-ring (bicyclic) bond motifs is 1. The molecule has 39 heavy (non-hydrogen) atoms. The highest BCUT2D eigenvalue weighted by Crippen LogP contribution is 2.24. The summed E-state index contributed by atoms with van der Waals surface area (Å²) < 4.78 is 16.8. The first-order chi connectivity index (χ1) is 18.3. The van der Waals surface area contributed by atoms with Gasteiger partial charge >= 0.3 is 5.69 Å². The molecular formula is C30H32ClFN4O3.